The van der Waals surface area contributed by atoms with E-state index < -0.39 is 5.82 Å². The second kappa shape index (κ2) is 3.75. The molecule has 1 N–H and O–H groups in total. The molecule has 1 amide bonds. The van der Waals surface area contributed by atoms with Crippen LogP contribution in [0.4, 0.5) is 4.39 Å². The minimum absolute atomic E-state index is 0.205. The molecule has 1 rings (SSSR count). The second-order valence-corrected chi connectivity index (χ2v) is 2.38. The van der Waals surface area contributed by atoms with Gasteiger partial charge in [-0.05, 0) is 0 Å². The summed E-state index contributed by atoms with van der Waals surface area (Å²) in [5, 5.41) is 2.40. The van der Waals surface area contributed by atoms with Crippen LogP contribution in [0.25, 0.3) is 5.70 Å². The van der Waals surface area contributed by atoms with E-state index in [4.69, 9.17) is 0 Å². The lowest BCUT2D eigenvalue weighted by Gasteiger charge is -2.02. The van der Waals surface area contributed by atoms with Gasteiger partial charge in [0, 0.05) is 6.92 Å². The summed E-state index contributed by atoms with van der Waals surface area (Å²) < 4.78 is 12.4. The van der Waals surface area contributed by atoms with Crippen LogP contribution in [0.2, 0.25) is 0 Å². The maximum atomic E-state index is 12.4. The van der Waals surface area contributed by atoms with E-state index in [0.717, 1.165) is 12.4 Å². The van der Waals surface area contributed by atoms with Crippen LogP contribution in [0.15, 0.2) is 19.0 Å². The number of carbonyl (C=O) groups is 1. The van der Waals surface area contributed by atoms with Gasteiger partial charge in [-0.25, -0.2) is 14.4 Å². The molecule has 0 bridgehead atoms. The van der Waals surface area contributed by atoms with E-state index >= 15 is 0 Å². The summed E-state index contributed by atoms with van der Waals surface area (Å²) in [5.41, 5.74) is 0.257. The highest BCUT2D eigenvalue weighted by atomic mass is 19.1. The van der Waals surface area contributed by atoms with Crippen LogP contribution in [0.5, 0.6) is 0 Å². The van der Waals surface area contributed by atoms with Gasteiger partial charge in [-0.3, -0.25) is 4.79 Å². The number of nitrogens with zero attached hydrogens (tertiary/aromatic N) is 2. The van der Waals surface area contributed by atoms with E-state index in [1.807, 2.05) is 0 Å². The fourth-order valence-electron chi connectivity index (χ4n) is 0.737. The molecule has 0 saturated heterocycles. The molecule has 0 unspecified atom stereocenters. The van der Waals surface area contributed by atoms with Gasteiger partial charge in [-0.1, -0.05) is 6.58 Å². The number of rotatable bonds is 2. The Bertz CT molecular complexity index is 334. The third-order valence-electron chi connectivity index (χ3n) is 1.22. The first-order valence-electron chi connectivity index (χ1n) is 3.54. The fraction of sp³-hybridized carbons (Fsp3) is 0.125. The van der Waals surface area contributed by atoms with E-state index in [9.17, 15) is 9.18 Å². The Labute approximate surface area is 74.5 Å². The largest absolute Gasteiger partial charge is 0.324 e. The summed E-state index contributed by atoms with van der Waals surface area (Å²) in [5.74, 6) is -0.589. The lowest BCUT2D eigenvalue weighted by Crippen LogP contribution is -2.18. The van der Waals surface area contributed by atoms with Crippen LogP contribution in [0.3, 0.4) is 0 Å². The molecule has 4 nitrogen and oxygen atoms in total. The Hall–Kier alpha value is -1.78. The van der Waals surface area contributed by atoms with Crippen LogP contribution >= 0.6 is 0 Å². The standard InChI is InChI=1S/C8H8FN3O/c1-5(12-6(2)13)8-10-3-7(9)4-11-8/h3-4H,1H2,2H3,(H,12,13). The average Bonchev–Trinajstić information content (AvgIpc) is 2.04. The Morgan fingerprint density at radius 2 is 2.08 bits per heavy atom. The summed E-state index contributed by atoms with van der Waals surface area (Å²) in [6.07, 6.45) is 2.02. The van der Waals surface area contributed by atoms with Crippen molar-refractivity contribution in [3.63, 3.8) is 0 Å². The minimum Gasteiger partial charge on any atom is -0.324 e. The third kappa shape index (κ3) is 2.62. The zero-order valence-electron chi connectivity index (χ0n) is 7.04. The molecule has 0 fully saturated rings. The van der Waals surface area contributed by atoms with Gasteiger partial charge in [-0.2, -0.15) is 0 Å². The van der Waals surface area contributed by atoms with Gasteiger partial charge in [0.15, 0.2) is 11.6 Å². The molecule has 1 aromatic rings. The lowest BCUT2D eigenvalue weighted by molar-refractivity contribution is -0.117. The van der Waals surface area contributed by atoms with Crippen molar-refractivity contribution in [3.8, 4) is 0 Å². The summed E-state index contributed by atoms with van der Waals surface area (Å²) in [4.78, 5) is 17.9. The van der Waals surface area contributed by atoms with Crippen molar-refractivity contribution in [2.45, 2.75) is 6.92 Å². The smallest absolute Gasteiger partial charge is 0.221 e. The molecule has 0 aliphatic carbocycles. The van der Waals surface area contributed by atoms with Gasteiger partial charge in [0.05, 0.1) is 18.1 Å². The molecule has 0 aliphatic rings. The van der Waals surface area contributed by atoms with Gasteiger partial charge >= 0.3 is 0 Å². The second-order valence-electron chi connectivity index (χ2n) is 2.38. The van der Waals surface area contributed by atoms with Crippen LogP contribution in [-0.2, 0) is 4.79 Å². The number of aromatic nitrogens is 2. The Morgan fingerprint density at radius 1 is 1.54 bits per heavy atom. The van der Waals surface area contributed by atoms with Crippen molar-refractivity contribution in [1.82, 2.24) is 15.3 Å². The zero-order chi connectivity index (χ0) is 9.84. The third-order valence-corrected chi connectivity index (χ3v) is 1.22. The van der Waals surface area contributed by atoms with Crippen molar-refractivity contribution < 1.29 is 9.18 Å². The first-order valence-corrected chi connectivity index (χ1v) is 3.54. The molecule has 1 aromatic heterocycles. The molecule has 0 spiro atoms. The number of halogens is 1. The van der Waals surface area contributed by atoms with Crippen molar-refractivity contribution >= 4 is 11.6 Å². The van der Waals surface area contributed by atoms with Crippen molar-refractivity contribution in [1.29, 1.82) is 0 Å². The van der Waals surface area contributed by atoms with Crippen molar-refractivity contribution in [2.75, 3.05) is 0 Å². The highest BCUT2D eigenvalue weighted by Gasteiger charge is 2.03. The van der Waals surface area contributed by atoms with Crippen LogP contribution in [-0.4, -0.2) is 15.9 Å². The van der Waals surface area contributed by atoms with Crippen LogP contribution < -0.4 is 5.32 Å². The summed E-state index contributed by atoms with van der Waals surface area (Å²) in [7, 11) is 0. The minimum atomic E-state index is -0.528. The zero-order valence-corrected chi connectivity index (χ0v) is 7.04. The predicted molar refractivity (Wildman–Crippen MR) is 44.8 cm³/mol. The van der Waals surface area contributed by atoms with Crippen molar-refractivity contribution in [2.24, 2.45) is 0 Å². The molecular formula is C8H8FN3O. The SMILES string of the molecule is C=C(NC(C)=O)c1ncc(F)cn1. The summed E-state index contributed by atoms with van der Waals surface area (Å²) in [6.45, 7) is 4.86. The number of nitrogens with one attached hydrogen (secondary N) is 1. The summed E-state index contributed by atoms with van der Waals surface area (Å²) in [6, 6.07) is 0. The van der Waals surface area contributed by atoms with Crippen LogP contribution in [0, 0.1) is 5.82 Å². The summed E-state index contributed by atoms with van der Waals surface area (Å²) >= 11 is 0. The Kier molecular flexibility index (Phi) is 2.69. The first kappa shape index (κ1) is 9.31. The molecule has 5 heteroatoms. The fourth-order valence-corrected chi connectivity index (χ4v) is 0.737. The average molecular weight is 181 g/mol. The number of carbonyl (C=O) groups excluding carboxylic acids is 1. The molecule has 0 saturated carbocycles. The number of hydrogen-bond donors (Lipinski definition) is 1. The van der Waals surface area contributed by atoms with Gasteiger partial charge in [-0.15, -0.1) is 0 Å². The molecular weight excluding hydrogens is 173 g/mol. The molecule has 0 atom stereocenters. The number of hydrogen-bond acceptors (Lipinski definition) is 3. The number of amides is 1. The highest BCUT2D eigenvalue weighted by Crippen LogP contribution is 2.01. The maximum absolute atomic E-state index is 12.4. The molecule has 0 aliphatic heterocycles. The highest BCUT2D eigenvalue weighted by molar-refractivity contribution is 5.82. The van der Waals surface area contributed by atoms with E-state index in [-0.39, 0.29) is 17.4 Å². The normalized spacial score (nSPS) is 9.38. The van der Waals surface area contributed by atoms with E-state index in [1.54, 1.807) is 0 Å². The van der Waals surface area contributed by atoms with Crippen molar-refractivity contribution in [3.05, 3.63) is 30.6 Å². The molecule has 0 radical (unpaired) electrons. The van der Waals surface area contributed by atoms with E-state index in [2.05, 4.69) is 21.9 Å². The molecule has 0 aromatic carbocycles. The predicted octanol–water partition coefficient (Wildman–Crippen LogP) is 0.723. The van der Waals surface area contributed by atoms with Gasteiger partial charge in [0.25, 0.3) is 0 Å². The topological polar surface area (TPSA) is 54.9 Å². The van der Waals surface area contributed by atoms with Gasteiger partial charge in [0.2, 0.25) is 5.91 Å². The van der Waals surface area contributed by atoms with Crippen LogP contribution in [0.1, 0.15) is 12.7 Å². The van der Waals surface area contributed by atoms with E-state index in [0.29, 0.717) is 0 Å². The monoisotopic (exact) mass is 181 g/mol. The lowest BCUT2D eigenvalue weighted by atomic mass is 10.4. The maximum Gasteiger partial charge on any atom is 0.221 e. The Balaban J connectivity index is 2.78. The van der Waals surface area contributed by atoms with Gasteiger partial charge < -0.3 is 5.32 Å². The molecule has 1 heterocycles. The van der Waals surface area contributed by atoms with E-state index in [1.165, 1.54) is 6.92 Å². The molecule has 13 heavy (non-hydrogen) atoms. The molecule has 68 valence electrons. The first-order chi connectivity index (χ1) is 6.09. The van der Waals surface area contributed by atoms with Gasteiger partial charge in [0.1, 0.15) is 0 Å². The Morgan fingerprint density at radius 3 is 2.54 bits per heavy atom. The quantitative estimate of drug-likeness (QED) is 0.731.